The Kier molecular flexibility index (Phi) is 3.99. The van der Waals surface area contributed by atoms with Gasteiger partial charge in [0.25, 0.3) is 0 Å². The summed E-state index contributed by atoms with van der Waals surface area (Å²) in [5.41, 5.74) is 9.97. The van der Waals surface area contributed by atoms with Crippen molar-refractivity contribution in [2.75, 3.05) is 0 Å². The highest BCUT2D eigenvalue weighted by molar-refractivity contribution is 6.19. The summed E-state index contributed by atoms with van der Waals surface area (Å²) in [6.45, 7) is 8.82. The largest absolute Gasteiger partial charge is 0.382 e. The molecule has 1 aromatic rings. The fourth-order valence-corrected chi connectivity index (χ4v) is 3.98. The van der Waals surface area contributed by atoms with Crippen LogP contribution in [-0.4, -0.2) is 11.9 Å². The molecule has 0 aromatic heterocycles. The molecule has 4 rings (SSSR count). The highest BCUT2D eigenvalue weighted by Gasteiger charge is 2.40. The van der Waals surface area contributed by atoms with Crippen LogP contribution in [0.25, 0.3) is 11.1 Å². The lowest BCUT2D eigenvalue weighted by atomic mass is 9.84. The highest BCUT2D eigenvalue weighted by Crippen LogP contribution is 2.59. The van der Waals surface area contributed by atoms with E-state index in [9.17, 15) is 9.59 Å². The van der Waals surface area contributed by atoms with Gasteiger partial charge in [-0.05, 0) is 67.0 Å². The van der Waals surface area contributed by atoms with Crippen molar-refractivity contribution in [3.63, 3.8) is 0 Å². The Balaban J connectivity index is 1.78. The first kappa shape index (κ1) is 17.3. The van der Waals surface area contributed by atoms with Crippen LogP contribution in [0.15, 0.2) is 70.4 Å². The third kappa shape index (κ3) is 2.60. The molecule has 0 unspecified atom stereocenters. The summed E-state index contributed by atoms with van der Waals surface area (Å²) in [4.78, 5) is 33.4. The van der Waals surface area contributed by atoms with Gasteiger partial charge in [0.15, 0.2) is 0 Å². The molecule has 0 aliphatic heterocycles. The molecule has 4 heteroatoms. The molecule has 0 saturated carbocycles. The number of allylic oxidation sites excluding steroid dienone is 7. The van der Waals surface area contributed by atoms with Gasteiger partial charge in [-0.1, -0.05) is 42.5 Å². The molecule has 0 fully saturated rings. The van der Waals surface area contributed by atoms with Gasteiger partial charge < -0.3 is 0 Å². The number of rotatable bonds is 2. The van der Waals surface area contributed by atoms with E-state index in [4.69, 9.17) is 4.89 Å². The summed E-state index contributed by atoms with van der Waals surface area (Å²) in [6, 6.07) is 8.21. The topological polar surface area (TPSA) is 52.6 Å². The van der Waals surface area contributed by atoms with Crippen LogP contribution in [0.4, 0.5) is 0 Å². The first-order valence-corrected chi connectivity index (χ1v) is 8.92. The van der Waals surface area contributed by atoms with Crippen LogP contribution < -0.4 is 0 Å². The summed E-state index contributed by atoms with van der Waals surface area (Å²) in [5.74, 6) is -1.41. The second-order valence-corrected chi connectivity index (χ2v) is 7.21. The smallest absolute Gasteiger partial charge is 0.242 e. The third-order valence-corrected chi connectivity index (χ3v) is 5.27. The SMILES string of the molecule is C=C(C)C(=O)OOC(=O)/C(C)=C1\C2=C3CC=C(C)CC3=C1c1ccccc12. The molecule has 27 heavy (non-hydrogen) atoms. The van der Waals surface area contributed by atoms with E-state index in [1.807, 2.05) is 12.1 Å². The maximum atomic E-state index is 12.6. The monoisotopic (exact) mass is 360 g/mol. The van der Waals surface area contributed by atoms with Gasteiger partial charge >= 0.3 is 11.9 Å². The summed E-state index contributed by atoms with van der Waals surface area (Å²) < 4.78 is 0. The van der Waals surface area contributed by atoms with Crippen molar-refractivity contribution in [1.82, 2.24) is 0 Å². The predicted octanol–water partition coefficient (Wildman–Crippen LogP) is 4.86. The minimum absolute atomic E-state index is 0.170. The second-order valence-electron chi connectivity index (χ2n) is 7.21. The van der Waals surface area contributed by atoms with E-state index in [0.29, 0.717) is 5.57 Å². The Morgan fingerprint density at radius 3 is 2.19 bits per heavy atom. The summed E-state index contributed by atoms with van der Waals surface area (Å²) >= 11 is 0. The van der Waals surface area contributed by atoms with Gasteiger partial charge in [0.2, 0.25) is 0 Å². The zero-order chi connectivity index (χ0) is 19.3. The van der Waals surface area contributed by atoms with E-state index in [2.05, 4.69) is 36.6 Å². The van der Waals surface area contributed by atoms with Crippen LogP contribution >= 0.6 is 0 Å². The summed E-state index contributed by atoms with van der Waals surface area (Å²) in [7, 11) is 0. The zero-order valence-electron chi connectivity index (χ0n) is 15.6. The average molecular weight is 360 g/mol. The second kappa shape index (κ2) is 6.23. The Morgan fingerprint density at radius 2 is 1.56 bits per heavy atom. The maximum absolute atomic E-state index is 12.6. The molecule has 0 radical (unpaired) electrons. The van der Waals surface area contributed by atoms with Crippen molar-refractivity contribution in [3.8, 4) is 0 Å². The minimum atomic E-state index is -0.753. The maximum Gasteiger partial charge on any atom is 0.382 e. The molecule has 4 nitrogen and oxygen atoms in total. The molecule has 0 saturated heterocycles. The standard InChI is InChI=1S/C23H20O4/c1-12(2)22(24)26-27-23(25)14(4)19-20-15-7-5-6-8-16(15)21(19)18-11-13(3)9-10-17(18)20/h5-9H,1,10-11H2,2-4H3/b19-14+. The normalized spacial score (nSPS) is 18.7. The molecule has 0 N–H and O–H groups in total. The van der Waals surface area contributed by atoms with E-state index in [1.165, 1.54) is 23.6 Å². The number of benzene rings is 1. The number of hydrogen-bond donors (Lipinski definition) is 0. The highest BCUT2D eigenvalue weighted by atomic mass is 17.2. The lowest BCUT2D eigenvalue weighted by molar-refractivity contribution is -0.252. The number of carbonyl (C=O) groups excluding carboxylic acids is 2. The van der Waals surface area contributed by atoms with Gasteiger partial charge in [-0.25, -0.2) is 19.4 Å². The Bertz CT molecular complexity index is 1040. The van der Waals surface area contributed by atoms with Gasteiger partial charge in [0, 0.05) is 16.7 Å². The first-order chi connectivity index (χ1) is 12.9. The van der Waals surface area contributed by atoms with Crippen molar-refractivity contribution in [1.29, 1.82) is 0 Å². The van der Waals surface area contributed by atoms with Crippen LogP contribution in [0.5, 0.6) is 0 Å². The van der Waals surface area contributed by atoms with E-state index in [-0.39, 0.29) is 5.57 Å². The van der Waals surface area contributed by atoms with Gasteiger partial charge in [0.1, 0.15) is 0 Å². The fourth-order valence-electron chi connectivity index (χ4n) is 3.98. The quantitative estimate of drug-likeness (QED) is 0.327. The van der Waals surface area contributed by atoms with Gasteiger partial charge in [0.05, 0.1) is 0 Å². The Hall–Kier alpha value is -3.14. The molecule has 1 aromatic carbocycles. The van der Waals surface area contributed by atoms with Gasteiger partial charge in [-0.3, -0.25) is 0 Å². The van der Waals surface area contributed by atoms with E-state index in [1.54, 1.807) is 6.92 Å². The van der Waals surface area contributed by atoms with Crippen molar-refractivity contribution >= 4 is 23.1 Å². The number of fused-ring (bicyclic) bond motifs is 6. The van der Waals surface area contributed by atoms with Crippen LogP contribution in [-0.2, 0) is 19.4 Å². The summed E-state index contributed by atoms with van der Waals surface area (Å²) in [5, 5.41) is 0. The molecule has 0 atom stereocenters. The Morgan fingerprint density at radius 1 is 0.963 bits per heavy atom. The van der Waals surface area contributed by atoms with Crippen LogP contribution in [0.1, 0.15) is 44.7 Å². The summed E-state index contributed by atoms with van der Waals surface area (Å²) in [6.07, 6.45) is 4.00. The molecular formula is C23H20O4. The van der Waals surface area contributed by atoms with Gasteiger partial charge in [-0.2, -0.15) is 0 Å². The lowest BCUT2D eigenvalue weighted by Gasteiger charge is -2.20. The van der Waals surface area contributed by atoms with Crippen LogP contribution in [0.3, 0.4) is 0 Å². The van der Waals surface area contributed by atoms with E-state index < -0.39 is 11.9 Å². The molecule has 3 aliphatic carbocycles. The van der Waals surface area contributed by atoms with E-state index in [0.717, 1.165) is 40.7 Å². The lowest BCUT2D eigenvalue weighted by Crippen LogP contribution is -2.13. The number of carbonyl (C=O) groups is 2. The van der Waals surface area contributed by atoms with Crippen LogP contribution in [0, 0.1) is 0 Å². The molecule has 0 spiro atoms. The minimum Gasteiger partial charge on any atom is -0.242 e. The first-order valence-electron chi connectivity index (χ1n) is 8.92. The molecule has 0 amide bonds. The van der Waals surface area contributed by atoms with E-state index >= 15 is 0 Å². The zero-order valence-corrected chi connectivity index (χ0v) is 15.6. The average Bonchev–Trinajstić information content (AvgIpc) is 3.16. The molecule has 2 bridgehead atoms. The molecule has 0 heterocycles. The third-order valence-electron chi connectivity index (χ3n) is 5.27. The molecule has 3 aliphatic rings. The number of hydrogen-bond acceptors (Lipinski definition) is 4. The predicted molar refractivity (Wildman–Crippen MR) is 103 cm³/mol. The molecule has 136 valence electrons. The fraction of sp³-hybridized carbons (Fsp3) is 0.217. The Labute approximate surface area is 158 Å². The van der Waals surface area contributed by atoms with Crippen molar-refractivity contribution in [2.45, 2.75) is 33.6 Å². The van der Waals surface area contributed by atoms with Crippen molar-refractivity contribution < 1.29 is 19.4 Å². The van der Waals surface area contributed by atoms with Crippen LogP contribution in [0.2, 0.25) is 0 Å². The van der Waals surface area contributed by atoms with Crippen molar-refractivity contribution in [2.24, 2.45) is 0 Å². The van der Waals surface area contributed by atoms with Gasteiger partial charge in [-0.15, -0.1) is 0 Å². The van der Waals surface area contributed by atoms with Crippen molar-refractivity contribution in [3.05, 3.63) is 81.5 Å². The molecular weight excluding hydrogens is 340 g/mol.